The highest BCUT2D eigenvalue weighted by Gasteiger charge is 2.41. The monoisotopic (exact) mass is 270 g/mol. The molecule has 0 aromatic rings. The molecule has 2 nitrogen and oxygen atoms in total. The molecule has 0 amide bonds. The molecule has 0 aliphatic rings. The molecule has 0 rings (SSSR count). The van der Waals surface area contributed by atoms with E-state index in [4.69, 9.17) is 9.84 Å². The predicted octanol–water partition coefficient (Wildman–Crippen LogP) is 4.07. The van der Waals surface area contributed by atoms with Crippen molar-refractivity contribution in [1.82, 2.24) is 0 Å². The van der Waals surface area contributed by atoms with Gasteiger partial charge in [-0.05, 0) is 13.3 Å². The molecule has 0 fully saturated rings. The summed E-state index contributed by atoms with van der Waals surface area (Å²) in [4.78, 5) is 0. The summed E-state index contributed by atoms with van der Waals surface area (Å²) in [5, 5.41) is 8.19. The molecular weight excluding hydrogens is 245 g/mol. The molecule has 0 radical (unpaired) electrons. The number of alkyl halides is 3. The van der Waals surface area contributed by atoms with E-state index in [2.05, 4.69) is 6.92 Å². The molecule has 2 atom stereocenters. The molecule has 2 unspecified atom stereocenters. The van der Waals surface area contributed by atoms with Crippen LogP contribution >= 0.6 is 0 Å². The van der Waals surface area contributed by atoms with Crippen LogP contribution in [0.3, 0.4) is 0 Å². The molecule has 0 heterocycles. The quantitative estimate of drug-likeness (QED) is 0.574. The topological polar surface area (TPSA) is 29.5 Å². The van der Waals surface area contributed by atoms with Gasteiger partial charge in [0.1, 0.15) is 0 Å². The Morgan fingerprint density at radius 3 is 2.06 bits per heavy atom. The lowest BCUT2D eigenvalue weighted by Gasteiger charge is -2.21. The van der Waals surface area contributed by atoms with Crippen molar-refractivity contribution in [2.24, 2.45) is 0 Å². The first-order chi connectivity index (χ1) is 8.39. The summed E-state index contributed by atoms with van der Waals surface area (Å²) in [5.74, 6) is 0. The first kappa shape index (κ1) is 17.7. The number of aliphatic hydroxyl groups is 1. The van der Waals surface area contributed by atoms with Gasteiger partial charge in [-0.25, -0.2) is 4.39 Å². The average molecular weight is 270 g/mol. The van der Waals surface area contributed by atoms with Crippen LogP contribution in [0.25, 0.3) is 0 Å². The Labute approximate surface area is 108 Å². The second-order valence-corrected chi connectivity index (χ2v) is 4.69. The number of halogens is 3. The molecule has 1 N–H and O–H groups in total. The smallest absolute Gasteiger partial charge is 0.375 e. The van der Waals surface area contributed by atoms with Gasteiger partial charge in [-0.2, -0.15) is 8.78 Å². The summed E-state index contributed by atoms with van der Waals surface area (Å²) in [7, 11) is 0. The van der Waals surface area contributed by atoms with Crippen molar-refractivity contribution in [3.05, 3.63) is 0 Å². The van der Waals surface area contributed by atoms with Crippen molar-refractivity contribution >= 4 is 0 Å². The van der Waals surface area contributed by atoms with E-state index in [-0.39, 0.29) is 6.61 Å². The van der Waals surface area contributed by atoms with Gasteiger partial charge >= 0.3 is 6.11 Å². The van der Waals surface area contributed by atoms with E-state index in [9.17, 15) is 13.2 Å². The Morgan fingerprint density at radius 2 is 1.56 bits per heavy atom. The van der Waals surface area contributed by atoms with E-state index in [0.717, 1.165) is 19.3 Å². The molecule has 0 aliphatic heterocycles. The molecule has 0 spiro atoms. The van der Waals surface area contributed by atoms with Crippen molar-refractivity contribution in [2.45, 2.75) is 77.2 Å². The van der Waals surface area contributed by atoms with Crippen LogP contribution in [0.1, 0.15) is 58.8 Å². The molecule has 0 saturated heterocycles. The van der Waals surface area contributed by atoms with Gasteiger partial charge in [0.15, 0.2) is 0 Å². The number of rotatable bonds is 11. The third-order valence-corrected chi connectivity index (χ3v) is 2.87. The van der Waals surface area contributed by atoms with Gasteiger partial charge in [0.25, 0.3) is 0 Å². The van der Waals surface area contributed by atoms with E-state index in [0.29, 0.717) is 0 Å². The third-order valence-electron chi connectivity index (χ3n) is 2.87. The summed E-state index contributed by atoms with van der Waals surface area (Å²) in [6.45, 7) is 3.61. The molecule has 0 aromatic carbocycles. The number of ether oxygens (including phenoxy) is 1. The Bertz CT molecular complexity index is 195. The zero-order valence-corrected chi connectivity index (χ0v) is 11.3. The lowest BCUT2D eigenvalue weighted by molar-refractivity contribution is -0.260. The predicted molar refractivity (Wildman–Crippen MR) is 65.5 cm³/mol. The van der Waals surface area contributed by atoms with Crippen molar-refractivity contribution < 1.29 is 23.0 Å². The second-order valence-electron chi connectivity index (χ2n) is 4.69. The van der Waals surface area contributed by atoms with Gasteiger partial charge in [-0.15, -0.1) is 0 Å². The molecule has 5 heteroatoms. The fraction of sp³-hybridized carbons (Fsp3) is 1.00. The fourth-order valence-electron chi connectivity index (χ4n) is 1.70. The summed E-state index contributed by atoms with van der Waals surface area (Å²) < 4.78 is 42.3. The molecule has 0 bridgehead atoms. The van der Waals surface area contributed by atoms with Crippen molar-refractivity contribution in [3.8, 4) is 0 Å². The van der Waals surface area contributed by atoms with Crippen molar-refractivity contribution in [3.63, 3.8) is 0 Å². The third kappa shape index (κ3) is 8.75. The van der Waals surface area contributed by atoms with Gasteiger partial charge in [-0.3, -0.25) is 0 Å². The average Bonchev–Trinajstić information content (AvgIpc) is 2.30. The molecule has 0 aliphatic carbocycles. The zero-order chi connectivity index (χ0) is 14.0. The van der Waals surface area contributed by atoms with E-state index >= 15 is 0 Å². The minimum atomic E-state index is -4.32. The van der Waals surface area contributed by atoms with Gasteiger partial charge in [0, 0.05) is 6.61 Å². The Morgan fingerprint density at radius 1 is 1.06 bits per heavy atom. The zero-order valence-electron chi connectivity index (χ0n) is 11.3. The molecule has 18 heavy (non-hydrogen) atoms. The highest BCUT2D eigenvalue weighted by molar-refractivity contribution is 4.72. The van der Waals surface area contributed by atoms with E-state index in [1.807, 2.05) is 0 Å². The highest BCUT2D eigenvalue weighted by Crippen LogP contribution is 2.22. The first-order valence-electron chi connectivity index (χ1n) is 6.75. The largest absolute Gasteiger partial charge is 0.387 e. The maximum Gasteiger partial charge on any atom is 0.387 e. The van der Waals surface area contributed by atoms with Gasteiger partial charge in [-0.1, -0.05) is 45.4 Å². The van der Waals surface area contributed by atoms with E-state index in [1.54, 1.807) is 0 Å². The Hall–Kier alpha value is -0.290. The van der Waals surface area contributed by atoms with Crippen molar-refractivity contribution in [1.29, 1.82) is 0 Å². The van der Waals surface area contributed by atoms with Crippen LogP contribution in [-0.4, -0.2) is 30.1 Å². The van der Waals surface area contributed by atoms with Crippen LogP contribution in [0.15, 0.2) is 0 Å². The standard InChI is InChI=1S/C13H25F3O2/c1-3-4-5-6-7-8-9-10-18-11(2)12(14)13(15,16)17/h11-12,17H,3-10H2,1-2H3. The van der Waals surface area contributed by atoms with Gasteiger partial charge in [0.2, 0.25) is 6.17 Å². The second kappa shape index (κ2) is 9.62. The SMILES string of the molecule is CCCCCCCCCOC(C)C(F)C(O)(F)F. The minimum absolute atomic E-state index is 0.255. The summed E-state index contributed by atoms with van der Waals surface area (Å²) in [6, 6.07) is 0. The van der Waals surface area contributed by atoms with Crippen LogP contribution in [0, 0.1) is 0 Å². The fourth-order valence-corrected chi connectivity index (χ4v) is 1.70. The van der Waals surface area contributed by atoms with Crippen LogP contribution in [0.2, 0.25) is 0 Å². The molecule has 0 aromatic heterocycles. The summed E-state index contributed by atoms with van der Waals surface area (Å²) >= 11 is 0. The molecule has 110 valence electrons. The highest BCUT2D eigenvalue weighted by atomic mass is 19.3. The van der Waals surface area contributed by atoms with Crippen LogP contribution in [0.5, 0.6) is 0 Å². The van der Waals surface area contributed by atoms with Gasteiger partial charge < -0.3 is 9.84 Å². The normalized spacial score (nSPS) is 15.7. The molecule has 0 saturated carbocycles. The minimum Gasteiger partial charge on any atom is -0.375 e. The number of hydrogen-bond acceptors (Lipinski definition) is 2. The Balaban J connectivity index is 3.43. The maximum atomic E-state index is 12.9. The molecular formula is C13H25F3O2. The number of unbranched alkanes of at least 4 members (excludes halogenated alkanes) is 6. The van der Waals surface area contributed by atoms with Crippen LogP contribution in [0.4, 0.5) is 13.2 Å². The lowest BCUT2D eigenvalue weighted by atomic mass is 10.1. The van der Waals surface area contributed by atoms with Crippen LogP contribution in [-0.2, 0) is 4.74 Å². The van der Waals surface area contributed by atoms with Crippen molar-refractivity contribution in [2.75, 3.05) is 6.61 Å². The summed E-state index contributed by atoms with van der Waals surface area (Å²) in [6.07, 6.45) is -0.653. The van der Waals surface area contributed by atoms with Crippen LogP contribution < -0.4 is 0 Å². The Kier molecular flexibility index (Phi) is 9.46. The van der Waals surface area contributed by atoms with E-state index < -0.39 is 18.4 Å². The maximum absolute atomic E-state index is 12.9. The van der Waals surface area contributed by atoms with E-state index in [1.165, 1.54) is 32.6 Å². The number of hydrogen-bond donors (Lipinski definition) is 1. The lowest BCUT2D eigenvalue weighted by Crippen LogP contribution is -2.39. The van der Waals surface area contributed by atoms with Gasteiger partial charge in [0.05, 0.1) is 6.10 Å². The summed E-state index contributed by atoms with van der Waals surface area (Å²) in [5.41, 5.74) is 0. The first-order valence-corrected chi connectivity index (χ1v) is 6.75.